The maximum absolute atomic E-state index is 12.6. The number of nitrogens with zero attached hydrogens (tertiary/aromatic N) is 5. The molecule has 1 aromatic heterocycles. The van der Waals surface area contributed by atoms with Crippen LogP contribution in [0.2, 0.25) is 0 Å². The molecule has 2 rings (SSSR count). The number of benzene rings is 1. The minimum atomic E-state index is -0.227. The van der Waals surface area contributed by atoms with Gasteiger partial charge in [0.2, 0.25) is 11.1 Å². The molecule has 0 fully saturated rings. The molecule has 1 heterocycles. The molecule has 1 amide bonds. The molecular formula is C16H21N5OS. The summed E-state index contributed by atoms with van der Waals surface area (Å²) in [5.41, 5.74) is 0.628. The second-order valence-corrected chi connectivity index (χ2v) is 6.90. The zero-order valence-corrected chi connectivity index (χ0v) is 14.5. The summed E-state index contributed by atoms with van der Waals surface area (Å²) in [6.45, 7) is 10.2. The van der Waals surface area contributed by atoms with Gasteiger partial charge in [0.25, 0.3) is 0 Å². The summed E-state index contributed by atoms with van der Waals surface area (Å²) >= 11 is 1.34. The molecule has 0 aliphatic carbocycles. The Kier molecular flexibility index (Phi) is 5.54. The number of para-hydroxylation sites is 1. The fourth-order valence-corrected chi connectivity index (χ4v) is 2.92. The lowest BCUT2D eigenvalue weighted by atomic mass is 10.1. The van der Waals surface area contributed by atoms with Crippen LogP contribution in [0.15, 0.2) is 48.1 Å². The molecule has 0 aliphatic heterocycles. The van der Waals surface area contributed by atoms with E-state index in [-0.39, 0.29) is 17.2 Å². The van der Waals surface area contributed by atoms with Crippen molar-refractivity contribution >= 4 is 23.4 Å². The second kappa shape index (κ2) is 7.41. The number of amides is 1. The number of carbonyl (C=O) groups excluding carboxylic acids is 1. The Morgan fingerprint density at radius 3 is 2.65 bits per heavy atom. The Bertz CT molecular complexity index is 663. The highest BCUT2D eigenvalue weighted by molar-refractivity contribution is 7.99. The average Bonchev–Trinajstić information content (AvgIpc) is 3.00. The fourth-order valence-electron chi connectivity index (χ4n) is 1.98. The number of tetrazole rings is 1. The fraction of sp³-hybridized carbons (Fsp3) is 0.375. The monoisotopic (exact) mass is 331 g/mol. The van der Waals surface area contributed by atoms with Crippen LogP contribution >= 0.6 is 11.8 Å². The zero-order chi connectivity index (χ0) is 16.9. The van der Waals surface area contributed by atoms with Gasteiger partial charge in [-0.15, -0.1) is 11.7 Å². The van der Waals surface area contributed by atoms with Crippen molar-refractivity contribution in [1.29, 1.82) is 0 Å². The van der Waals surface area contributed by atoms with Crippen molar-refractivity contribution in [2.45, 2.75) is 31.5 Å². The Balaban J connectivity index is 2.09. The van der Waals surface area contributed by atoms with Gasteiger partial charge in [-0.3, -0.25) is 4.79 Å². The number of thioether (sulfide) groups is 1. The van der Waals surface area contributed by atoms with Gasteiger partial charge in [0.1, 0.15) is 0 Å². The van der Waals surface area contributed by atoms with Gasteiger partial charge in [-0.2, -0.15) is 0 Å². The minimum Gasteiger partial charge on any atom is -0.308 e. The maximum atomic E-state index is 12.6. The van der Waals surface area contributed by atoms with Crippen LogP contribution in [-0.4, -0.2) is 38.4 Å². The van der Waals surface area contributed by atoms with Crippen LogP contribution < -0.4 is 4.90 Å². The summed E-state index contributed by atoms with van der Waals surface area (Å²) in [5.74, 6) is 0.253. The van der Waals surface area contributed by atoms with Gasteiger partial charge >= 0.3 is 0 Å². The van der Waals surface area contributed by atoms with Crippen molar-refractivity contribution in [3.63, 3.8) is 0 Å². The highest BCUT2D eigenvalue weighted by atomic mass is 32.2. The first-order valence-corrected chi connectivity index (χ1v) is 8.30. The van der Waals surface area contributed by atoms with E-state index in [4.69, 9.17) is 0 Å². The molecule has 7 heteroatoms. The van der Waals surface area contributed by atoms with Gasteiger partial charge in [0.05, 0.1) is 11.3 Å². The predicted octanol–water partition coefficient (Wildman–Crippen LogP) is 2.74. The van der Waals surface area contributed by atoms with Gasteiger partial charge in [-0.1, -0.05) is 36.0 Å². The lowest BCUT2D eigenvalue weighted by Crippen LogP contribution is -2.32. The third kappa shape index (κ3) is 4.41. The van der Waals surface area contributed by atoms with Crippen molar-refractivity contribution < 1.29 is 4.79 Å². The molecule has 0 saturated carbocycles. The quantitative estimate of drug-likeness (QED) is 0.601. The molecule has 0 unspecified atom stereocenters. The van der Waals surface area contributed by atoms with Crippen molar-refractivity contribution in [3.05, 3.63) is 43.0 Å². The van der Waals surface area contributed by atoms with E-state index in [9.17, 15) is 4.79 Å². The third-order valence-corrected chi connectivity index (χ3v) is 3.99. The molecule has 2 aromatic rings. The van der Waals surface area contributed by atoms with Gasteiger partial charge in [0, 0.05) is 12.2 Å². The van der Waals surface area contributed by atoms with Gasteiger partial charge in [-0.05, 0) is 43.3 Å². The molecular weight excluding hydrogens is 310 g/mol. The highest BCUT2D eigenvalue weighted by Crippen LogP contribution is 2.22. The van der Waals surface area contributed by atoms with E-state index < -0.39 is 0 Å². The van der Waals surface area contributed by atoms with Crippen LogP contribution in [-0.2, 0) is 10.3 Å². The number of anilines is 1. The van der Waals surface area contributed by atoms with Crippen LogP contribution in [0, 0.1) is 0 Å². The highest BCUT2D eigenvalue weighted by Gasteiger charge is 2.22. The van der Waals surface area contributed by atoms with E-state index in [1.54, 1.807) is 15.7 Å². The molecule has 0 bridgehead atoms. The molecule has 23 heavy (non-hydrogen) atoms. The summed E-state index contributed by atoms with van der Waals surface area (Å²) < 4.78 is 1.73. The van der Waals surface area contributed by atoms with E-state index in [1.165, 1.54) is 11.8 Å². The van der Waals surface area contributed by atoms with Crippen molar-refractivity contribution in [2.24, 2.45) is 0 Å². The smallest absolute Gasteiger partial charge is 0.237 e. The molecule has 6 nitrogen and oxygen atoms in total. The Morgan fingerprint density at radius 2 is 2.04 bits per heavy atom. The molecule has 0 spiro atoms. The normalized spacial score (nSPS) is 11.3. The number of carbonyl (C=O) groups is 1. The van der Waals surface area contributed by atoms with Crippen molar-refractivity contribution in [2.75, 3.05) is 17.2 Å². The largest absolute Gasteiger partial charge is 0.308 e. The van der Waals surface area contributed by atoms with Gasteiger partial charge in [0.15, 0.2) is 0 Å². The third-order valence-electron chi connectivity index (χ3n) is 3.08. The number of hydrogen-bond acceptors (Lipinski definition) is 5. The lowest BCUT2D eigenvalue weighted by Gasteiger charge is -2.22. The molecule has 1 aromatic carbocycles. The molecule has 122 valence electrons. The van der Waals surface area contributed by atoms with Crippen LogP contribution in [0.1, 0.15) is 20.8 Å². The number of aromatic nitrogens is 4. The number of rotatable bonds is 6. The van der Waals surface area contributed by atoms with E-state index in [0.717, 1.165) is 5.69 Å². The Morgan fingerprint density at radius 1 is 1.35 bits per heavy atom. The standard InChI is InChI=1S/C16H21N5OS/c1-5-11-20(13-9-7-6-8-10-13)14(22)12-23-15-17-18-19-21(15)16(2,3)4/h5-10H,1,11-12H2,2-4H3. The Labute approximate surface area is 140 Å². The molecule has 0 saturated heterocycles. The van der Waals surface area contributed by atoms with Crippen LogP contribution in [0.3, 0.4) is 0 Å². The van der Waals surface area contributed by atoms with E-state index in [2.05, 4.69) is 22.1 Å². The molecule has 0 radical (unpaired) electrons. The summed E-state index contributed by atoms with van der Waals surface area (Å²) in [7, 11) is 0. The minimum absolute atomic E-state index is 0.00967. The van der Waals surface area contributed by atoms with Crippen LogP contribution in [0.5, 0.6) is 0 Å². The average molecular weight is 331 g/mol. The SMILES string of the molecule is C=CCN(C(=O)CSc1nnnn1C(C)(C)C)c1ccccc1. The van der Waals surface area contributed by atoms with E-state index in [1.807, 2.05) is 51.1 Å². The first-order valence-electron chi connectivity index (χ1n) is 7.31. The van der Waals surface area contributed by atoms with Crippen LogP contribution in [0.4, 0.5) is 5.69 Å². The zero-order valence-electron chi connectivity index (χ0n) is 13.6. The topological polar surface area (TPSA) is 63.9 Å². The lowest BCUT2D eigenvalue weighted by molar-refractivity contribution is -0.116. The molecule has 0 atom stereocenters. The summed E-state index contributed by atoms with van der Waals surface area (Å²) in [4.78, 5) is 14.3. The van der Waals surface area contributed by atoms with E-state index >= 15 is 0 Å². The van der Waals surface area contributed by atoms with E-state index in [0.29, 0.717) is 11.7 Å². The maximum Gasteiger partial charge on any atom is 0.237 e. The molecule has 0 N–H and O–H groups in total. The first-order chi connectivity index (χ1) is 10.9. The van der Waals surface area contributed by atoms with Gasteiger partial charge < -0.3 is 4.90 Å². The number of hydrogen-bond donors (Lipinski definition) is 0. The van der Waals surface area contributed by atoms with Crippen molar-refractivity contribution in [3.8, 4) is 0 Å². The summed E-state index contributed by atoms with van der Waals surface area (Å²) in [6, 6.07) is 9.56. The summed E-state index contributed by atoms with van der Waals surface area (Å²) in [6.07, 6.45) is 1.72. The second-order valence-electron chi connectivity index (χ2n) is 5.96. The first kappa shape index (κ1) is 17.2. The molecule has 0 aliphatic rings. The van der Waals surface area contributed by atoms with Crippen molar-refractivity contribution in [1.82, 2.24) is 20.2 Å². The predicted molar refractivity (Wildman–Crippen MR) is 92.5 cm³/mol. The summed E-state index contributed by atoms with van der Waals surface area (Å²) in [5, 5.41) is 12.3. The van der Waals surface area contributed by atoms with Gasteiger partial charge in [-0.25, -0.2) is 4.68 Å². The Hall–Kier alpha value is -2.15. The van der Waals surface area contributed by atoms with Crippen LogP contribution in [0.25, 0.3) is 0 Å².